The van der Waals surface area contributed by atoms with Gasteiger partial charge in [-0.05, 0) is 76.9 Å². The molecule has 9 aromatic carbocycles. The number of hydrogen-bond acceptors (Lipinski definition) is 2. The summed E-state index contributed by atoms with van der Waals surface area (Å²) in [5, 5.41) is 4.96. The molecule has 0 N–H and O–H groups in total. The molecule has 0 spiro atoms. The number of para-hydroxylation sites is 3. The zero-order valence-corrected chi connectivity index (χ0v) is 33.7. The zero-order valence-electron chi connectivity index (χ0n) is 33.7. The summed E-state index contributed by atoms with van der Waals surface area (Å²) in [4.78, 5) is 10.3. The minimum Gasteiger partial charge on any atom is -0.309 e. The SMILES string of the molecule is c1ccc(-c2ccc(-c3ccc(-c4nc(-c5ccccc5)cc(-c5ccc(-n6c7ccccc7c7cc8c9ccccc9n(-c9ccccc9)c8cc76)cc5)n4)cc3)cc2)cc1. The van der Waals surface area contributed by atoms with Gasteiger partial charge in [-0.25, -0.2) is 9.97 Å². The summed E-state index contributed by atoms with van der Waals surface area (Å²) >= 11 is 0. The molecule has 0 fully saturated rings. The number of nitrogens with zero attached hydrogens (tertiary/aromatic N) is 4. The fourth-order valence-electron chi connectivity index (χ4n) is 9.12. The molecule has 3 heterocycles. The lowest BCUT2D eigenvalue weighted by Crippen LogP contribution is -1.97. The molecule has 0 radical (unpaired) electrons. The molecule has 0 unspecified atom stereocenters. The van der Waals surface area contributed by atoms with Crippen molar-refractivity contribution in [2.24, 2.45) is 0 Å². The highest BCUT2D eigenvalue weighted by Gasteiger charge is 2.19. The van der Waals surface area contributed by atoms with Crippen LogP contribution in [-0.2, 0) is 0 Å². The highest BCUT2D eigenvalue weighted by Crippen LogP contribution is 2.40. The van der Waals surface area contributed by atoms with Gasteiger partial charge in [0.2, 0.25) is 0 Å². The Bertz CT molecular complexity index is 3570. The third-order valence-corrected chi connectivity index (χ3v) is 12.2. The lowest BCUT2D eigenvalue weighted by atomic mass is 9.99. The van der Waals surface area contributed by atoms with Gasteiger partial charge in [0.1, 0.15) is 0 Å². The van der Waals surface area contributed by atoms with Crippen LogP contribution in [0.1, 0.15) is 0 Å². The Kier molecular flexibility index (Phi) is 8.46. The van der Waals surface area contributed by atoms with Crippen LogP contribution < -0.4 is 0 Å². The number of benzene rings is 9. The van der Waals surface area contributed by atoms with E-state index in [1.54, 1.807) is 0 Å². The predicted molar refractivity (Wildman–Crippen MR) is 258 cm³/mol. The summed E-state index contributed by atoms with van der Waals surface area (Å²) in [6.45, 7) is 0. The number of aromatic nitrogens is 4. The Morgan fingerprint density at radius 1 is 0.242 bits per heavy atom. The van der Waals surface area contributed by atoms with E-state index in [1.807, 2.05) is 12.1 Å². The van der Waals surface area contributed by atoms with Crippen molar-refractivity contribution in [3.8, 4) is 67.5 Å². The van der Waals surface area contributed by atoms with Gasteiger partial charge in [0.05, 0.1) is 33.5 Å². The third-order valence-electron chi connectivity index (χ3n) is 12.2. The van der Waals surface area contributed by atoms with E-state index in [4.69, 9.17) is 9.97 Å². The largest absolute Gasteiger partial charge is 0.309 e. The average Bonchev–Trinajstić information content (AvgIpc) is 3.86. The van der Waals surface area contributed by atoms with Crippen LogP contribution in [0.3, 0.4) is 0 Å². The van der Waals surface area contributed by atoms with Gasteiger partial charge in [0.25, 0.3) is 0 Å². The van der Waals surface area contributed by atoms with Crippen molar-refractivity contribution >= 4 is 43.6 Å². The molecule has 4 nitrogen and oxygen atoms in total. The molecule has 3 aromatic heterocycles. The predicted octanol–water partition coefficient (Wildman–Crippen LogP) is 15.0. The molecule has 0 bridgehead atoms. The second kappa shape index (κ2) is 14.7. The van der Waals surface area contributed by atoms with E-state index >= 15 is 0 Å². The maximum Gasteiger partial charge on any atom is 0.160 e. The molecule has 12 aromatic rings. The minimum atomic E-state index is 0.691. The molecular weight excluding hydrogens is 753 g/mol. The van der Waals surface area contributed by atoms with Crippen LogP contribution in [0.15, 0.2) is 231 Å². The fourth-order valence-corrected chi connectivity index (χ4v) is 9.12. The van der Waals surface area contributed by atoms with E-state index < -0.39 is 0 Å². The van der Waals surface area contributed by atoms with Crippen LogP contribution in [0.25, 0.3) is 111 Å². The van der Waals surface area contributed by atoms with Gasteiger partial charge in [-0.1, -0.05) is 176 Å². The van der Waals surface area contributed by atoms with E-state index in [1.165, 1.54) is 54.8 Å². The Labute approximate surface area is 359 Å². The molecule has 0 saturated heterocycles. The molecule has 0 amide bonds. The van der Waals surface area contributed by atoms with E-state index in [9.17, 15) is 0 Å². The second-order valence-corrected chi connectivity index (χ2v) is 15.8. The van der Waals surface area contributed by atoms with Gasteiger partial charge in [0.15, 0.2) is 5.82 Å². The first-order valence-corrected chi connectivity index (χ1v) is 21.1. The second-order valence-electron chi connectivity index (χ2n) is 15.8. The van der Waals surface area contributed by atoms with Gasteiger partial charge >= 0.3 is 0 Å². The normalized spacial score (nSPS) is 11.5. The first-order valence-electron chi connectivity index (χ1n) is 21.1. The first-order chi connectivity index (χ1) is 30.7. The minimum absolute atomic E-state index is 0.691. The molecule has 62 heavy (non-hydrogen) atoms. The van der Waals surface area contributed by atoms with Crippen LogP contribution in [-0.4, -0.2) is 19.1 Å². The number of hydrogen-bond donors (Lipinski definition) is 0. The van der Waals surface area contributed by atoms with Crippen LogP contribution in [0.5, 0.6) is 0 Å². The van der Waals surface area contributed by atoms with Gasteiger partial charge in [-0.2, -0.15) is 0 Å². The Hall–Kier alpha value is -8.34. The molecule has 0 aliphatic carbocycles. The van der Waals surface area contributed by atoms with Gasteiger partial charge in [-0.15, -0.1) is 0 Å². The van der Waals surface area contributed by atoms with Gasteiger partial charge in [0, 0.05) is 49.6 Å². The van der Waals surface area contributed by atoms with Crippen molar-refractivity contribution < 1.29 is 0 Å². The first kappa shape index (κ1) is 35.6. The Balaban J connectivity index is 0.947. The molecular formula is C58H38N4. The van der Waals surface area contributed by atoms with Crippen molar-refractivity contribution in [2.75, 3.05) is 0 Å². The van der Waals surface area contributed by atoms with E-state index in [0.717, 1.165) is 50.5 Å². The summed E-state index contributed by atoms with van der Waals surface area (Å²) < 4.78 is 4.79. The van der Waals surface area contributed by atoms with E-state index in [0.29, 0.717) is 5.82 Å². The zero-order chi connectivity index (χ0) is 41.0. The Morgan fingerprint density at radius 3 is 1.13 bits per heavy atom. The number of fused-ring (bicyclic) bond motifs is 6. The lowest BCUT2D eigenvalue weighted by molar-refractivity contribution is 1.16. The number of rotatable bonds is 7. The smallest absolute Gasteiger partial charge is 0.160 e. The quantitative estimate of drug-likeness (QED) is 0.161. The molecule has 290 valence electrons. The molecule has 0 aliphatic heterocycles. The average molecular weight is 791 g/mol. The van der Waals surface area contributed by atoms with Crippen LogP contribution in [0.2, 0.25) is 0 Å². The van der Waals surface area contributed by atoms with Crippen LogP contribution in [0, 0.1) is 0 Å². The fraction of sp³-hybridized carbons (Fsp3) is 0. The summed E-state index contributed by atoms with van der Waals surface area (Å²) in [7, 11) is 0. The topological polar surface area (TPSA) is 35.6 Å². The van der Waals surface area contributed by atoms with Crippen LogP contribution in [0.4, 0.5) is 0 Å². The van der Waals surface area contributed by atoms with E-state index in [-0.39, 0.29) is 0 Å². The molecule has 0 aliphatic rings. The molecule has 0 atom stereocenters. The Morgan fingerprint density at radius 2 is 0.613 bits per heavy atom. The maximum absolute atomic E-state index is 5.21. The van der Waals surface area contributed by atoms with Gasteiger partial charge in [-0.3, -0.25) is 0 Å². The van der Waals surface area contributed by atoms with E-state index in [2.05, 4.69) is 228 Å². The molecule has 12 rings (SSSR count). The summed E-state index contributed by atoms with van der Waals surface area (Å²) in [5.41, 5.74) is 16.5. The lowest BCUT2D eigenvalue weighted by Gasteiger charge is -2.12. The van der Waals surface area contributed by atoms with Crippen molar-refractivity contribution in [2.45, 2.75) is 0 Å². The molecule has 4 heteroatoms. The van der Waals surface area contributed by atoms with Crippen molar-refractivity contribution in [1.29, 1.82) is 0 Å². The van der Waals surface area contributed by atoms with Gasteiger partial charge < -0.3 is 9.13 Å². The highest BCUT2D eigenvalue weighted by molar-refractivity contribution is 6.19. The van der Waals surface area contributed by atoms with Crippen LogP contribution >= 0.6 is 0 Å². The summed E-state index contributed by atoms with van der Waals surface area (Å²) in [6, 6.07) is 82.1. The highest BCUT2D eigenvalue weighted by atomic mass is 15.0. The maximum atomic E-state index is 5.21. The van der Waals surface area contributed by atoms with Crippen molar-refractivity contribution in [1.82, 2.24) is 19.1 Å². The van der Waals surface area contributed by atoms with Crippen molar-refractivity contribution in [3.63, 3.8) is 0 Å². The standard InChI is InChI=1S/C58H38N4/c1-4-14-39(15-5-1)40-24-26-41(27-25-40)42-28-30-45(31-29-42)58-59-52(43-16-6-2-7-17-43)37-53(60-58)44-32-34-47(35-33-44)62-55-23-13-11-21-49(55)51-36-50-48-20-10-12-22-54(48)61(56(50)38-57(51)62)46-18-8-3-9-19-46/h1-38H. The molecule has 0 saturated carbocycles. The monoisotopic (exact) mass is 790 g/mol. The third kappa shape index (κ3) is 6.08. The summed E-state index contributed by atoms with van der Waals surface area (Å²) in [5.74, 6) is 0.691. The van der Waals surface area contributed by atoms with Crippen molar-refractivity contribution in [3.05, 3.63) is 231 Å². The summed E-state index contributed by atoms with van der Waals surface area (Å²) in [6.07, 6.45) is 0.